The van der Waals surface area contributed by atoms with E-state index in [9.17, 15) is 24.3 Å². The lowest BCUT2D eigenvalue weighted by Crippen LogP contribution is -2.49. The number of aliphatic carboxylic acids is 1. The van der Waals surface area contributed by atoms with Gasteiger partial charge in [-0.15, -0.1) is 0 Å². The van der Waals surface area contributed by atoms with E-state index in [1.54, 1.807) is 6.92 Å². The number of carboxylic acids is 1. The van der Waals surface area contributed by atoms with Gasteiger partial charge in [-0.25, -0.2) is 9.59 Å². The second-order valence-corrected chi connectivity index (χ2v) is 8.22. The van der Waals surface area contributed by atoms with Crippen molar-refractivity contribution in [3.8, 4) is 11.1 Å². The van der Waals surface area contributed by atoms with Crippen molar-refractivity contribution in [2.45, 2.75) is 32.2 Å². The lowest BCUT2D eigenvalue weighted by atomic mass is 9.98. The van der Waals surface area contributed by atoms with Crippen LogP contribution in [0.15, 0.2) is 48.5 Å². The molecule has 0 unspecified atom stereocenters. The molecule has 1 aliphatic rings. The van der Waals surface area contributed by atoms with Crippen LogP contribution in [0, 0.1) is 5.92 Å². The van der Waals surface area contributed by atoms with Crippen molar-refractivity contribution in [1.29, 1.82) is 0 Å². The van der Waals surface area contributed by atoms with E-state index in [0.717, 1.165) is 22.3 Å². The fourth-order valence-corrected chi connectivity index (χ4v) is 3.95. The van der Waals surface area contributed by atoms with Gasteiger partial charge in [0.2, 0.25) is 11.8 Å². The van der Waals surface area contributed by atoms with E-state index >= 15 is 0 Å². The molecule has 4 N–H and O–H groups in total. The summed E-state index contributed by atoms with van der Waals surface area (Å²) in [5, 5.41) is 16.3. The topological polar surface area (TPSA) is 134 Å². The largest absolute Gasteiger partial charge is 0.480 e. The van der Waals surface area contributed by atoms with E-state index in [-0.39, 0.29) is 25.0 Å². The Hall–Kier alpha value is -3.88. The van der Waals surface area contributed by atoms with Crippen LogP contribution in [0.2, 0.25) is 0 Å². The van der Waals surface area contributed by atoms with Crippen molar-refractivity contribution in [3.05, 3.63) is 59.7 Å². The fourth-order valence-electron chi connectivity index (χ4n) is 3.95. The van der Waals surface area contributed by atoms with E-state index in [2.05, 4.69) is 16.0 Å². The zero-order valence-corrected chi connectivity index (χ0v) is 19.2. The Morgan fingerprint density at radius 1 is 0.912 bits per heavy atom. The minimum Gasteiger partial charge on any atom is -0.480 e. The fraction of sp³-hybridized carbons (Fsp3) is 0.360. The SMILES string of the molecule is CC[C@H](C)[C@H](NC(=O)CNC(=O)CNC(=O)OCC1c2ccccc2-c2ccccc21)C(=O)O. The van der Waals surface area contributed by atoms with Crippen molar-refractivity contribution < 1.29 is 29.0 Å². The van der Waals surface area contributed by atoms with Gasteiger partial charge in [0.25, 0.3) is 0 Å². The number of alkyl carbamates (subject to hydrolysis) is 1. The van der Waals surface area contributed by atoms with Gasteiger partial charge in [0.15, 0.2) is 0 Å². The quantitative estimate of drug-likeness (QED) is 0.424. The monoisotopic (exact) mass is 467 g/mol. The van der Waals surface area contributed by atoms with Crippen molar-refractivity contribution in [1.82, 2.24) is 16.0 Å². The average Bonchev–Trinajstić information content (AvgIpc) is 3.16. The second kappa shape index (κ2) is 11.3. The number of hydrogen-bond donors (Lipinski definition) is 4. The first-order chi connectivity index (χ1) is 16.3. The normalized spacial score (nSPS) is 13.7. The summed E-state index contributed by atoms with van der Waals surface area (Å²) in [5.74, 6) is -2.71. The van der Waals surface area contributed by atoms with Crippen LogP contribution in [-0.4, -0.2) is 54.7 Å². The molecule has 0 aromatic heterocycles. The minimum absolute atomic E-state index is 0.0941. The summed E-state index contributed by atoms with van der Waals surface area (Å²) in [6, 6.07) is 14.9. The van der Waals surface area contributed by atoms with E-state index in [0.29, 0.717) is 6.42 Å². The smallest absolute Gasteiger partial charge is 0.407 e. The van der Waals surface area contributed by atoms with Gasteiger partial charge in [-0.05, 0) is 28.2 Å². The summed E-state index contributed by atoms with van der Waals surface area (Å²) in [4.78, 5) is 47.4. The third-order valence-corrected chi connectivity index (χ3v) is 5.98. The number of fused-ring (bicyclic) bond motifs is 3. The number of hydrogen-bond acceptors (Lipinski definition) is 5. The molecule has 1 aliphatic carbocycles. The van der Waals surface area contributed by atoms with Gasteiger partial charge in [0.1, 0.15) is 19.2 Å². The van der Waals surface area contributed by atoms with Crippen molar-refractivity contribution in [3.63, 3.8) is 0 Å². The number of carboxylic acid groups (broad SMARTS) is 1. The first-order valence-corrected chi connectivity index (χ1v) is 11.2. The van der Waals surface area contributed by atoms with Gasteiger partial charge in [-0.2, -0.15) is 0 Å². The molecule has 3 amide bonds. The zero-order chi connectivity index (χ0) is 24.7. The standard InChI is InChI=1S/C25H29N3O6/c1-3-15(2)23(24(31)32)28-22(30)13-26-21(29)12-27-25(33)34-14-20-18-10-6-4-8-16(18)17-9-5-7-11-19(17)20/h4-11,15,20,23H,3,12-14H2,1-2H3,(H,26,29)(H,27,33)(H,28,30)(H,31,32)/t15-,23-/m0/s1. The Kier molecular flexibility index (Phi) is 8.24. The molecule has 0 saturated heterocycles. The van der Waals surface area contributed by atoms with Gasteiger partial charge < -0.3 is 25.8 Å². The number of nitrogens with one attached hydrogen (secondary N) is 3. The highest BCUT2D eigenvalue weighted by atomic mass is 16.5. The highest BCUT2D eigenvalue weighted by molar-refractivity contribution is 5.89. The molecular formula is C25H29N3O6. The van der Waals surface area contributed by atoms with Crippen molar-refractivity contribution >= 4 is 23.9 Å². The molecule has 9 nitrogen and oxygen atoms in total. The van der Waals surface area contributed by atoms with Gasteiger partial charge in [-0.3, -0.25) is 9.59 Å². The maximum Gasteiger partial charge on any atom is 0.407 e. The Bertz CT molecular complexity index is 1020. The van der Waals surface area contributed by atoms with Crippen LogP contribution in [0.1, 0.15) is 37.3 Å². The first kappa shape index (κ1) is 24.8. The second-order valence-electron chi connectivity index (χ2n) is 8.22. The Labute approximate surface area is 197 Å². The van der Waals surface area contributed by atoms with Gasteiger partial charge in [0, 0.05) is 5.92 Å². The van der Waals surface area contributed by atoms with E-state index in [1.807, 2.05) is 55.5 Å². The number of benzene rings is 2. The van der Waals surface area contributed by atoms with Crippen LogP contribution in [-0.2, 0) is 19.1 Å². The molecular weight excluding hydrogens is 438 g/mol. The van der Waals surface area contributed by atoms with Crippen LogP contribution >= 0.6 is 0 Å². The number of carbonyl (C=O) groups excluding carboxylic acids is 3. The molecule has 9 heteroatoms. The third-order valence-electron chi connectivity index (χ3n) is 5.98. The maximum atomic E-state index is 12.1. The highest BCUT2D eigenvalue weighted by Crippen LogP contribution is 2.44. The van der Waals surface area contributed by atoms with Crippen molar-refractivity contribution in [2.75, 3.05) is 19.7 Å². The number of carbonyl (C=O) groups is 4. The van der Waals surface area contributed by atoms with E-state index < -0.39 is 36.5 Å². The number of ether oxygens (including phenoxy) is 1. The lowest BCUT2D eigenvalue weighted by Gasteiger charge is -2.20. The molecule has 0 fully saturated rings. The number of rotatable bonds is 10. The maximum absolute atomic E-state index is 12.1. The molecule has 0 aliphatic heterocycles. The molecule has 2 aromatic rings. The zero-order valence-electron chi connectivity index (χ0n) is 19.2. The summed E-state index contributed by atoms with van der Waals surface area (Å²) in [6.07, 6.45) is -0.169. The average molecular weight is 468 g/mol. The Morgan fingerprint density at radius 3 is 2.03 bits per heavy atom. The highest BCUT2D eigenvalue weighted by Gasteiger charge is 2.29. The predicted molar refractivity (Wildman–Crippen MR) is 125 cm³/mol. The molecule has 34 heavy (non-hydrogen) atoms. The summed E-state index contributed by atoms with van der Waals surface area (Å²) in [6.45, 7) is 2.89. The molecule has 0 radical (unpaired) electrons. The molecule has 3 rings (SSSR count). The molecule has 2 aromatic carbocycles. The number of amides is 3. The molecule has 0 spiro atoms. The summed E-state index contributed by atoms with van der Waals surface area (Å²) in [5.41, 5.74) is 4.39. The van der Waals surface area contributed by atoms with E-state index in [4.69, 9.17) is 4.74 Å². The molecule has 180 valence electrons. The van der Waals surface area contributed by atoms with Crippen LogP contribution in [0.5, 0.6) is 0 Å². The predicted octanol–water partition coefficient (Wildman–Crippen LogP) is 2.26. The molecule has 0 heterocycles. The van der Waals surface area contributed by atoms with Crippen LogP contribution < -0.4 is 16.0 Å². The van der Waals surface area contributed by atoms with Crippen LogP contribution in [0.3, 0.4) is 0 Å². The third kappa shape index (κ3) is 5.92. The van der Waals surface area contributed by atoms with Crippen molar-refractivity contribution in [2.24, 2.45) is 5.92 Å². The molecule has 2 atom stereocenters. The summed E-state index contributed by atoms with van der Waals surface area (Å²) >= 11 is 0. The van der Waals surface area contributed by atoms with E-state index in [1.165, 1.54) is 0 Å². The summed E-state index contributed by atoms with van der Waals surface area (Å²) in [7, 11) is 0. The van der Waals surface area contributed by atoms with Gasteiger partial charge in [-0.1, -0.05) is 68.8 Å². The van der Waals surface area contributed by atoms with Crippen LogP contribution in [0.4, 0.5) is 4.79 Å². The summed E-state index contributed by atoms with van der Waals surface area (Å²) < 4.78 is 5.36. The Morgan fingerprint density at radius 2 is 1.47 bits per heavy atom. The lowest BCUT2D eigenvalue weighted by molar-refractivity contribution is -0.143. The van der Waals surface area contributed by atoms with Gasteiger partial charge in [0.05, 0.1) is 6.54 Å². The first-order valence-electron chi connectivity index (χ1n) is 11.2. The van der Waals surface area contributed by atoms with Crippen LogP contribution in [0.25, 0.3) is 11.1 Å². The molecule has 0 bridgehead atoms. The minimum atomic E-state index is -1.13. The Balaban J connectivity index is 1.43. The van der Waals surface area contributed by atoms with Gasteiger partial charge >= 0.3 is 12.1 Å². The molecule has 0 saturated carbocycles.